The highest BCUT2D eigenvalue weighted by Gasteiger charge is 2.14. The molecule has 3 heteroatoms. The van der Waals surface area contributed by atoms with Crippen LogP contribution in [0.3, 0.4) is 0 Å². The minimum Gasteiger partial charge on any atom is -0.387 e. The third-order valence-corrected chi connectivity index (χ3v) is 4.25. The van der Waals surface area contributed by atoms with Crippen LogP contribution in [-0.4, -0.2) is 17.6 Å². The molecule has 2 N–H and O–H groups in total. The van der Waals surface area contributed by atoms with Crippen LogP contribution in [0, 0.1) is 0 Å². The second-order valence-corrected chi connectivity index (χ2v) is 5.83. The molecule has 0 aromatic heterocycles. The van der Waals surface area contributed by atoms with Gasteiger partial charge < -0.3 is 10.4 Å². The molecule has 1 amide bonds. The predicted molar refractivity (Wildman–Crippen MR) is 86.8 cm³/mol. The molecule has 3 nitrogen and oxygen atoms in total. The third kappa shape index (κ3) is 3.37. The number of fused-ring (bicyclic) bond motifs is 1. The van der Waals surface area contributed by atoms with E-state index in [4.69, 9.17) is 0 Å². The molecule has 0 bridgehead atoms. The Balaban J connectivity index is 1.62. The summed E-state index contributed by atoms with van der Waals surface area (Å²) in [6, 6.07) is 15.3. The lowest BCUT2D eigenvalue weighted by Crippen LogP contribution is -2.28. The number of hydrogen-bond donors (Lipinski definition) is 2. The largest absolute Gasteiger partial charge is 0.387 e. The molecule has 0 saturated carbocycles. The van der Waals surface area contributed by atoms with Crippen LogP contribution in [0.5, 0.6) is 0 Å². The van der Waals surface area contributed by atoms with E-state index in [2.05, 4.69) is 11.4 Å². The summed E-state index contributed by atoms with van der Waals surface area (Å²) in [5.74, 6) is -0.122. The quantitative estimate of drug-likeness (QED) is 0.911. The van der Waals surface area contributed by atoms with E-state index in [1.165, 1.54) is 24.0 Å². The average Bonchev–Trinajstić information content (AvgIpc) is 2.59. The molecule has 0 radical (unpaired) electrons. The minimum atomic E-state index is -0.678. The van der Waals surface area contributed by atoms with Gasteiger partial charge in [0.05, 0.1) is 6.10 Å². The maximum Gasteiger partial charge on any atom is 0.251 e. The summed E-state index contributed by atoms with van der Waals surface area (Å²) in [6.45, 7) is 0.222. The lowest BCUT2D eigenvalue weighted by molar-refractivity contribution is 0.0916. The van der Waals surface area contributed by atoms with E-state index in [0.29, 0.717) is 5.56 Å². The van der Waals surface area contributed by atoms with Gasteiger partial charge in [-0.05, 0) is 54.5 Å². The summed E-state index contributed by atoms with van der Waals surface area (Å²) in [5.41, 5.74) is 4.16. The van der Waals surface area contributed by atoms with Crippen LogP contribution in [0.25, 0.3) is 0 Å². The van der Waals surface area contributed by atoms with Crippen LogP contribution in [-0.2, 0) is 12.8 Å². The lowest BCUT2D eigenvalue weighted by Gasteiger charge is -2.17. The van der Waals surface area contributed by atoms with E-state index < -0.39 is 6.10 Å². The molecule has 2 aromatic carbocycles. The molecule has 0 aliphatic heterocycles. The molecule has 114 valence electrons. The number of aliphatic hydroxyl groups is 1. The van der Waals surface area contributed by atoms with Gasteiger partial charge in [-0.1, -0.05) is 36.4 Å². The first-order valence-electron chi connectivity index (χ1n) is 7.87. The van der Waals surface area contributed by atoms with Crippen LogP contribution in [0.15, 0.2) is 48.5 Å². The van der Waals surface area contributed by atoms with Gasteiger partial charge in [-0.25, -0.2) is 0 Å². The van der Waals surface area contributed by atoms with Gasteiger partial charge in [0, 0.05) is 12.1 Å². The van der Waals surface area contributed by atoms with Gasteiger partial charge in [-0.3, -0.25) is 4.79 Å². The molecule has 22 heavy (non-hydrogen) atoms. The van der Waals surface area contributed by atoms with Gasteiger partial charge in [0.1, 0.15) is 0 Å². The Morgan fingerprint density at radius 1 is 1.05 bits per heavy atom. The SMILES string of the molecule is O=C(NCC(O)c1ccccc1)c1ccc2c(c1)CCCC2. The molecule has 1 aliphatic rings. The summed E-state index contributed by atoms with van der Waals surface area (Å²) in [7, 11) is 0. The summed E-state index contributed by atoms with van der Waals surface area (Å²) in [4.78, 5) is 12.2. The number of hydrogen-bond acceptors (Lipinski definition) is 2. The number of aliphatic hydroxyl groups excluding tert-OH is 1. The average molecular weight is 295 g/mol. The molecule has 0 saturated heterocycles. The van der Waals surface area contributed by atoms with Gasteiger partial charge in [0.25, 0.3) is 5.91 Å². The van der Waals surface area contributed by atoms with E-state index in [9.17, 15) is 9.90 Å². The summed E-state index contributed by atoms with van der Waals surface area (Å²) in [6.07, 6.45) is 3.93. The van der Waals surface area contributed by atoms with Crippen molar-refractivity contribution in [2.45, 2.75) is 31.8 Å². The monoisotopic (exact) mass is 295 g/mol. The van der Waals surface area contributed by atoms with E-state index in [-0.39, 0.29) is 12.5 Å². The van der Waals surface area contributed by atoms with Gasteiger partial charge >= 0.3 is 0 Å². The highest BCUT2D eigenvalue weighted by molar-refractivity contribution is 5.94. The van der Waals surface area contributed by atoms with Crippen molar-refractivity contribution in [2.75, 3.05) is 6.54 Å². The molecule has 1 unspecified atom stereocenters. The van der Waals surface area contributed by atoms with E-state index in [1.807, 2.05) is 42.5 Å². The maximum absolute atomic E-state index is 12.2. The molecule has 1 atom stereocenters. The van der Waals surface area contributed by atoms with Crippen LogP contribution in [0.1, 0.15) is 46.0 Å². The van der Waals surface area contributed by atoms with E-state index in [0.717, 1.165) is 18.4 Å². The summed E-state index contributed by atoms with van der Waals surface area (Å²) >= 11 is 0. The van der Waals surface area contributed by atoms with Crippen molar-refractivity contribution >= 4 is 5.91 Å². The minimum absolute atomic E-state index is 0.122. The van der Waals surface area contributed by atoms with Crippen molar-refractivity contribution < 1.29 is 9.90 Å². The van der Waals surface area contributed by atoms with E-state index >= 15 is 0 Å². The lowest BCUT2D eigenvalue weighted by atomic mass is 9.90. The van der Waals surface area contributed by atoms with E-state index in [1.54, 1.807) is 0 Å². The fraction of sp³-hybridized carbons (Fsp3) is 0.316. The molecule has 3 rings (SSSR count). The van der Waals surface area contributed by atoms with Crippen molar-refractivity contribution in [3.8, 4) is 0 Å². The Labute approximate surface area is 131 Å². The van der Waals surface area contributed by atoms with Gasteiger partial charge in [0.2, 0.25) is 0 Å². The molecule has 2 aromatic rings. The summed E-state index contributed by atoms with van der Waals surface area (Å²) < 4.78 is 0. The first-order valence-corrected chi connectivity index (χ1v) is 7.87. The predicted octanol–water partition coefficient (Wildman–Crippen LogP) is 3.03. The van der Waals surface area contributed by atoms with Crippen LogP contribution < -0.4 is 5.32 Å². The van der Waals surface area contributed by atoms with Crippen LogP contribution >= 0.6 is 0 Å². The van der Waals surface area contributed by atoms with Crippen molar-refractivity contribution in [3.63, 3.8) is 0 Å². The Hall–Kier alpha value is -2.13. The Morgan fingerprint density at radius 2 is 1.77 bits per heavy atom. The fourth-order valence-corrected chi connectivity index (χ4v) is 2.96. The Bertz CT molecular complexity index is 652. The number of amides is 1. The van der Waals surface area contributed by atoms with Crippen molar-refractivity contribution in [3.05, 3.63) is 70.8 Å². The smallest absolute Gasteiger partial charge is 0.251 e. The Kier molecular flexibility index (Phi) is 4.54. The standard InChI is InChI=1S/C19H21NO2/c21-18(15-7-2-1-3-8-15)13-20-19(22)17-11-10-14-6-4-5-9-16(14)12-17/h1-3,7-8,10-12,18,21H,4-6,9,13H2,(H,20,22). The molecular formula is C19H21NO2. The number of carbonyl (C=O) groups excluding carboxylic acids is 1. The molecule has 0 heterocycles. The topological polar surface area (TPSA) is 49.3 Å². The molecular weight excluding hydrogens is 274 g/mol. The number of aryl methyl sites for hydroxylation is 2. The zero-order valence-electron chi connectivity index (χ0n) is 12.6. The molecule has 1 aliphatic carbocycles. The third-order valence-electron chi connectivity index (χ3n) is 4.25. The number of benzene rings is 2. The number of carbonyl (C=O) groups is 1. The van der Waals surface area contributed by atoms with Gasteiger partial charge in [-0.15, -0.1) is 0 Å². The highest BCUT2D eigenvalue weighted by Crippen LogP contribution is 2.22. The van der Waals surface area contributed by atoms with Crippen molar-refractivity contribution in [2.24, 2.45) is 0 Å². The second-order valence-electron chi connectivity index (χ2n) is 5.83. The number of nitrogens with one attached hydrogen (secondary N) is 1. The zero-order valence-corrected chi connectivity index (χ0v) is 12.6. The molecule has 0 fully saturated rings. The van der Waals surface area contributed by atoms with Crippen LogP contribution in [0.4, 0.5) is 0 Å². The first-order chi connectivity index (χ1) is 10.7. The number of rotatable bonds is 4. The van der Waals surface area contributed by atoms with Gasteiger partial charge in [0.15, 0.2) is 0 Å². The van der Waals surface area contributed by atoms with Crippen molar-refractivity contribution in [1.29, 1.82) is 0 Å². The van der Waals surface area contributed by atoms with Crippen molar-refractivity contribution in [1.82, 2.24) is 5.32 Å². The zero-order chi connectivity index (χ0) is 15.4. The van der Waals surface area contributed by atoms with Crippen LogP contribution in [0.2, 0.25) is 0 Å². The maximum atomic E-state index is 12.2. The fourth-order valence-electron chi connectivity index (χ4n) is 2.96. The normalized spacial score (nSPS) is 15.0. The van der Waals surface area contributed by atoms with Gasteiger partial charge in [-0.2, -0.15) is 0 Å². The second kappa shape index (κ2) is 6.75. The Morgan fingerprint density at radius 3 is 2.55 bits per heavy atom. The highest BCUT2D eigenvalue weighted by atomic mass is 16.3. The first kappa shape index (κ1) is 14.8. The molecule has 0 spiro atoms. The summed E-state index contributed by atoms with van der Waals surface area (Å²) in [5, 5.41) is 12.9.